The fourth-order valence-corrected chi connectivity index (χ4v) is 4.97. The van der Waals surface area contributed by atoms with E-state index in [4.69, 9.17) is 18.9 Å². The zero-order valence-electron chi connectivity index (χ0n) is 15.6. The molecule has 3 aliphatic heterocycles. The van der Waals surface area contributed by atoms with Crippen LogP contribution in [0.15, 0.2) is 24.3 Å². The third-order valence-electron chi connectivity index (χ3n) is 6.06. The Morgan fingerprint density at radius 1 is 0.964 bits per heavy atom. The Kier molecular flexibility index (Phi) is 3.90. The van der Waals surface area contributed by atoms with Gasteiger partial charge in [0.2, 0.25) is 13.6 Å². The number of benzene rings is 2. The van der Waals surface area contributed by atoms with E-state index >= 15 is 0 Å². The maximum absolute atomic E-state index is 11.0. The second kappa shape index (κ2) is 6.33. The van der Waals surface area contributed by atoms with E-state index in [9.17, 15) is 5.11 Å². The van der Waals surface area contributed by atoms with Gasteiger partial charge in [0.05, 0.1) is 6.10 Å². The molecule has 0 spiro atoms. The number of rotatable bonds is 0. The van der Waals surface area contributed by atoms with Crippen LogP contribution in [0.3, 0.4) is 0 Å². The summed E-state index contributed by atoms with van der Waals surface area (Å²) < 4.78 is 22.4. The van der Waals surface area contributed by atoms with Gasteiger partial charge in [-0.2, -0.15) is 0 Å². The van der Waals surface area contributed by atoms with Crippen LogP contribution in [-0.2, 0) is 13.0 Å². The van der Waals surface area contributed by atoms with Gasteiger partial charge in [0.15, 0.2) is 23.0 Å². The Hall–Kier alpha value is -2.88. The fourth-order valence-electron chi connectivity index (χ4n) is 4.97. The number of hydrogen-bond donors (Lipinski definition) is 1. The molecule has 1 aliphatic carbocycles. The van der Waals surface area contributed by atoms with Gasteiger partial charge in [0, 0.05) is 24.1 Å². The molecule has 0 fully saturated rings. The van der Waals surface area contributed by atoms with Crippen molar-refractivity contribution in [1.29, 1.82) is 0 Å². The first-order chi connectivity index (χ1) is 13.7. The number of ether oxygens (including phenoxy) is 4. The molecule has 0 aromatic heterocycles. The predicted molar refractivity (Wildman–Crippen MR) is 102 cm³/mol. The van der Waals surface area contributed by atoms with Crippen molar-refractivity contribution in [3.05, 3.63) is 46.5 Å². The molecule has 2 aromatic carbocycles. The molecule has 6 rings (SSSR count). The molecule has 3 unspecified atom stereocenters. The average Bonchev–Trinajstić information content (AvgIpc) is 3.36. The van der Waals surface area contributed by atoms with Gasteiger partial charge in [-0.05, 0) is 48.4 Å². The molecular formula is C22H21NO5. The van der Waals surface area contributed by atoms with Crippen LogP contribution in [0.25, 0.3) is 0 Å². The Balaban J connectivity index is 0.000000829. The van der Waals surface area contributed by atoms with Crippen LogP contribution in [0.2, 0.25) is 0 Å². The molecule has 2 aromatic rings. The third-order valence-corrected chi connectivity index (χ3v) is 6.06. The summed E-state index contributed by atoms with van der Waals surface area (Å²) in [6.07, 6.45) is 8.14. The highest BCUT2D eigenvalue weighted by atomic mass is 16.7. The summed E-state index contributed by atoms with van der Waals surface area (Å²) in [6, 6.07) is 8.27. The second-order valence-corrected chi connectivity index (χ2v) is 7.43. The lowest BCUT2D eigenvalue weighted by atomic mass is 9.70. The normalized spacial score (nSPS) is 25.8. The molecule has 3 heterocycles. The number of likely N-dealkylation sites (N-methyl/N-ethyl adjacent to an activating group) is 1. The summed E-state index contributed by atoms with van der Waals surface area (Å²) >= 11 is 0. The number of hydrogen-bond acceptors (Lipinski definition) is 6. The van der Waals surface area contributed by atoms with E-state index in [1.807, 2.05) is 12.1 Å². The van der Waals surface area contributed by atoms with Gasteiger partial charge in [-0.1, -0.05) is 6.07 Å². The van der Waals surface area contributed by atoms with Crippen molar-refractivity contribution in [3.8, 4) is 35.8 Å². The van der Waals surface area contributed by atoms with E-state index < -0.39 is 6.10 Å². The summed E-state index contributed by atoms with van der Waals surface area (Å²) in [5, 5.41) is 11.0. The van der Waals surface area contributed by atoms with E-state index in [-0.39, 0.29) is 25.5 Å². The van der Waals surface area contributed by atoms with E-state index in [0.29, 0.717) is 6.42 Å². The van der Waals surface area contributed by atoms with Crippen LogP contribution >= 0.6 is 0 Å². The second-order valence-electron chi connectivity index (χ2n) is 7.43. The standard InChI is InChI=1S/C20H19NO5.C2H2/c1-21-7-13-11(2-3-15-20(13)26-9-23-15)18-14(22)4-10-5-16-17(25-8-24-16)6-12(10)19(18)21;1-2/h2-3,5-6,14,18-19,22H,4,7-9H2,1H3;1-2H. The average molecular weight is 379 g/mol. The van der Waals surface area contributed by atoms with E-state index in [1.165, 1.54) is 5.56 Å². The van der Waals surface area contributed by atoms with Gasteiger partial charge in [-0.15, -0.1) is 12.8 Å². The SMILES string of the molecule is C#C.CN1Cc2c(ccc3c2OCO3)C2C(O)Cc3cc4c(cc3C21)OCO4. The van der Waals surface area contributed by atoms with Gasteiger partial charge in [0.1, 0.15) is 0 Å². The Bertz CT molecular complexity index is 967. The summed E-state index contributed by atoms with van der Waals surface area (Å²) in [4.78, 5) is 2.29. The molecule has 3 atom stereocenters. The smallest absolute Gasteiger partial charge is 0.231 e. The van der Waals surface area contributed by atoms with E-state index in [1.54, 1.807) is 0 Å². The highest BCUT2D eigenvalue weighted by Gasteiger charge is 2.45. The van der Waals surface area contributed by atoms with Crippen LogP contribution in [0.4, 0.5) is 0 Å². The maximum Gasteiger partial charge on any atom is 0.231 e. The molecular weight excluding hydrogens is 358 g/mol. The van der Waals surface area contributed by atoms with Crippen LogP contribution in [0.1, 0.15) is 34.2 Å². The zero-order chi connectivity index (χ0) is 19.4. The number of aliphatic hydroxyl groups is 1. The summed E-state index contributed by atoms with van der Waals surface area (Å²) in [6.45, 7) is 1.28. The quantitative estimate of drug-likeness (QED) is 0.710. The largest absolute Gasteiger partial charge is 0.454 e. The third kappa shape index (κ3) is 2.30. The van der Waals surface area contributed by atoms with Crippen LogP contribution in [-0.4, -0.2) is 36.7 Å². The van der Waals surface area contributed by atoms with Crippen molar-refractivity contribution in [2.75, 3.05) is 20.6 Å². The molecule has 28 heavy (non-hydrogen) atoms. The first-order valence-electron chi connectivity index (χ1n) is 9.26. The minimum atomic E-state index is -0.463. The zero-order valence-corrected chi connectivity index (χ0v) is 15.6. The minimum Gasteiger partial charge on any atom is -0.454 e. The maximum atomic E-state index is 11.0. The van der Waals surface area contributed by atoms with Crippen molar-refractivity contribution in [2.45, 2.75) is 31.0 Å². The summed E-state index contributed by atoms with van der Waals surface area (Å²) in [7, 11) is 2.10. The monoisotopic (exact) mass is 379 g/mol. The molecule has 6 nitrogen and oxygen atoms in total. The molecule has 144 valence electrons. The van der Waals surface area contributed by atoms with E-state index in [0.717, 1.165) is 46.2 Å². The topological polar surface area (TPSA) is 60.4 Å². The van der Waals surface area contributed by atoms with Gasteiger partial charge in [-0.3, -0.25) is 4.90 Å². The van der Waals surface area contributed by atoms with Crippen molar-refractivity contribution in [1.82, 2.24) is 4.90 Å². The summed E-state index contributed by atoms with van der Waals surface area (Å²) in [5.74, 6) is 3.19. The molecule has 6 heteroatoms. The lowest BCUT2D eigenvalue weighted by molar-refractivity contribution is 0.0591. The highest BCUT2D eigenvalue weighted by molar-refractivity contribution is 5.58. The van der Waals surface area contributed by atoms with Crippen LogP contribution in [0, 0.1) is 12.8 Å². The lowest BCUT2D eigenvalue weighted by Gasteiger charge is -2.46. The number of fused-ring (bicyclic) bond motifs is 8. The van der Waals surface area contributed by atoms with E-state index in [2.05, 4.69) is 36.9 Å². The number of terminal acetylenes is 1. The molecule has 1 N–H and O–H groups in total. The minimum absolute atomic E-state index is 0.00822. The Labute approximate surface area is 163 Å². The Morgan fingerprint density at radius 3 is 2.50 bits per heavy atom. The first-order valence-corrected chi connectivity index (χ1v) is 9.26. The molecule has 4 aliphatic rings. The highest BCUT2D eigenvalue weighted by Crippen LogP contribution is 2.54. The predicted octanol–water partition coefficient (Wildman–Crippen LogP) is 2.58. The van der Waals surface area contributed by atoms with Gasteiger partial charge < -0.3 is 24.1 Å². The van der Waals surface area contributed by atoms with Crippen LogP contribution < -0.4 is 18.9 Å². The Morgan fingerprint density at radius 2 is 1.68 bits per heavy atom. The van der Waals surface area contributed by atoms with Crippen LogP contribution in [0.5, 0.6) is 23.0 Å². The summed E-state index contributed by atoms with van der Waals surface area (Å²) in [5.41, 5.74) is 4.65. The van der Waals surface area contributed by atoms with Crippen molar-refractivity contribution in [3.63, 3.8) is 0 Å². The molecule has 0 saturated heterocycles. The molecule has 0 radical (unpaired) electrons. The van der Waals surface area contributed by atoms with Crippen molar-refractivity contribution < 1.29 is 24.1 Å². The fraction of sp³-hybridized carbons (Fsp3) is 0.364. The number of aliphatic hydroxyl groups excluding tert-OH is 1. The van der Waals surface area contributed by atoms with Gasteiger partial charge in [0.25, 0.3) is 0 Å². The van der Waals surface area contributed by atoms with Gasteiger partial charge >= 0.3 is 0 Å². The molecule has 0 saturated carbocycles. The lowest BCUT2D eigenvalue weighted by Crippen LogP contribution is -2.43. The molecule has 0 amide bonds. The first kappa shape index (κ1) is 17.2. The molecule has 0 bridgehead atoms. The van der Waals surface area contributed by atoms with Crippen molar-refractivity contribution >= 4 is 0 Å². The van der Waals surface area contributed by atoms with Gasteiger partial charge in [-0.25, -0.2) is 0 Å². The van der Waals surface area contributed by atoms with Crippen molar-refractivity contribution in [2.24, 2.45) is 0 Å². The number of nitrogens with zero attached hydrogens (tertiary/aromatic N) is 1.